The Kier molecular flexibility index (Phi) is 7.21. The highest BCUT2D eigenvalue weighted by atomic mass is 16.5. The number of rotatable bonds is 9. The molecule has 0 fully saturated rings. The first-order valence-electron chi connectivity index (χ1n) is 9.59. The lowest BCUT2D eigenvalue weighted by Gasteiger charge is -2.17. The summed E-state index contributed by atoms with van der Waals surface area (Å²) in [4.78, 5) is 12.3. The van der Waals surface area contributed by atoms with Gasteiger partial charge in [-0.3, -0.25) is 4.79 Å². The van der Waals surface area contributed by atoms with Gasteiger partial charge < -0.3 is 15.4 Å². The number of carbonyl (C=O) groups excluding carboxylic acids is 1. The van der Waals surface area contributed by atoms with Crippen molar-refractivity contribution in [2.75, 3.05) is 11.9 Å². The molecular weight excluding hydrogens is 348 g/mol. The summed E-state index contributed by atoms with van der Waals surface area (Å²) in [7, 11) is 0. The van der Waals surface area contributed by atoms with E-state index in [1.54, 1.807) is 0 Å². The maximum Gasteiger partial charge on any atom is 0.238 e. The lowest BCUT2D eigenvalue weighted by atomic mass is 10.0. The molecule has 3 aromatic rings. The number of carbonyl (C=O) groups is 1. The van der Waals surface area contributed by atoms with Crippen molar-refractivity contribution in [3.63, 3.8) is 0 Å². The zero-order valence-electron chi connectivity index (χ0n) is 16.1. The summed E-state index contributed by atoms with van der Waals surface area (Å²) in [6.45, 7) is 2.89. The maximum absolute atomic E-state index is 12.3. The van der Waals surface area contributed by atoms with Crippen molar-refractivity contribution in [1.29, 1.82) is 0 Å². The second kappa shape index (κ2) is 10.3. The monoisotopic (exact) mass is 374 g/mol. The van der Waals surface area contributed by atoms with E-state index in [-0.39, 0.29) is 18.5 Å². The highest BCUT2D eigenvalue weighted by molar-refractivity contribution is 5.92. The van der Waals surface area contributed by atoms with Crippen molar-refractivity contribution in [2.45, 2.75) is 26.0 Å². The second-order valence-corrected chi connectivity index (χ2v) is 6.60. The molecule has 0 heterocycles. The largest absolute Gasteiger partial charge is 0.489 e. The highest BCUT2D eigenvalue weighted by Gasteiger charge is 2.10. The molecule has 0 aliphatic rings. The third-order valence-electron chi connectivity index (χ3n) is 4.51. The van der Waals surface area contributed by atoms with Gasteiger partial charge in [-0.05, 0) is 41.8 Å². The molecule has 1 amide bonds. The van der Waals surface area contributed by atoms with Crippen molar-refractivity contribution in [2.24, 2.45) is 0 Å². The quantitative estimate of drug-likeness (QED) is 0.557. The van der Waals surface area contributed by atoms with Crippen LogP contribution in [0.15, 0.2) is 84.9 Å². The summed E-state index contributed by atoms with van der Waals surface area (Å²) in [6.07, 6.45) is 0.921. The first kappa shape index (κ1) is 19.6. The highest BCUT2D eigenvalue weighted by Crippen LogP contribution is 2.18. The van der Waals surface area contributed by atoms with Gasteiger partial charge in [0.05, 0.1) is 6.54 Å². The van der Waals surface area contributed by atoms with E-state index in [0.29, 0.717) is 6.61 Å². The number of benzene rings is 3. The van der Waals surface area contributed by atoms with Crippen molar-refractivity contribution in [3.05, 3.63) is 96.1 Å². The fourth-order valence-electron chi connectivity index (χ4n) is 2.98. The molecule has 0 spiro atoms. The van der Waals surface area contributed by atoms with E-state index in [0.717, 1.165) is 23.4 Å². The van der Waals surface area contributed by atoms with Gasteiger partial charge in [0.15, 0.2) is 0 Å². The Morgan fingerprint density at radius 2 is 1.54 bits per heavy atom. The van der Waals surface area contributed by atoms with Crippen LogP contribution in [0.4, 0.5) is 5.69 Å². The Hall–Kier alpha value is -3.11. The zero-order chi connectivity index (χ0) is 19.6. The van der Waals surface area contributed by atoms with Gasteiger partial charge in [-0.15, -0.1) is 0 Å². The number of hydrogen-bond acceptors (Lipinski definition) is 3. The van der Waals surface area contributed by atoms with E-state index >= 15 is 0 Å². The summed E-state index contributed by atoms with van der Waals surface area (Å²) in [6, 6.07) is 27.8. The number of nitrogens with one attached hydrogen (secondary N) is 2. The summed E-state index contributed by atoms with van der Waals surface area (Å²) in [5.41, 5.74) is 3.07. The van der Waals surface area contributed by atoms with Crippen LogP contribution in [-0.2, 0) is 11.4 Å². The standard InChI is InChI=1S/C24H26N2O2/c1-2-23(20-11-7-4-8-12-20)25-17-24(27)26-21-13-15-22(16-14-21)28-18-19-9-5-3-6-10-19/h3-16,23,25H,2,17-18H2,1H3,(H,26,27). The first-order valence-corrected chi connectivity index (χ1v) is 9.59. The van der Waals surface area contributed by atoms with E-state index in [1.807, 2.05) is 72.8 Å². The molecule has 3 rings (SSSR count). The van der Waals surface area contributed by atoms with Crippen LogP contribution < -0.4 is 15.4 Å². The molecule has 1 unspecified atom stereocenters. The number of ether oxygens (including phenoxy) is 1. The molecule has 144 valence electrons. The normalized spacial score (nSPS) is 11.6. The number of hydrogen-bond donors (Lipinski definition) is 2. The van der Waals surface area contributed by atoms with Gasteiger partial charge in [0.2, 0.25) is 5.91 Å². The molecule has 0 aromatic heterocycles. The molecule has 0 aliphatic heterocycles. The summed E-state index contributed by atoms with van der Waals surface area (Å²) in [5.74, 6) is 0.711. The van der Waals surface area contributed by atoms with E-state index in [2.05, 4.69) is 29.7 Å². The minimum atomic E-state index is -0.0627. The number of anilines is 1. The summed E-state index contributed by atoms with van der Waals surface area (Å²) < 4.78 is 5.77. The molecule has 0 saturated carbocycles. The van der Waals surface area contributed by atoms with E-state index < -0.39 is 0 Å². The van der Waals surface area contributed by atoms with Crippen LogP contribution in [0, 0.1) is 0 Å². The van der Waals surface area contributed by atoms with Gasteiger partial charge >= 0.3 is 0 Å². The van der Waals surface area contributed by atoms with Crippen LogP contribution in [0.2, 0.25) is 0 Å². The molecule has 3 aromatic carbocycles. The lowest BCUT2D eigenvalue weighted by Crippen LogP contribution is -2.31. The van der Waals surface area contributed by atoms with Gasteiger partial charge in [0.1, 0.15) is 12.4 Å². The fourth-order valence-corrected chi connectivity index (χ4v) is 2.98. The van der Waals surface area contributed by atoms with Crippen LogP contribution in [-0.4, -0.2) is 12.5 Å². The SMILES string of the molecule is CCC(NCC(=O)Nc1ccc(OCc2ccccc2)cc1)c1ccccc1. The third-order valence-corrected chi connectivity index (χ3v) is 4.51. The van der Waals surface area contributed by atoms with Gasteiger partial charge in [-0.1, -0.05) is 67.6 Å². The number of amides is 1. The molecule has 0 aliphatic carbocycles. The van der Waals surface area contributed by atoms with Crippen molar-refractivity contribution in [3.8, 4) is 5.75 Å². The predicted octanol–water partition coefficient (Wildman–Crippen LogP) is 4.95. The average molecular weight is 374 g/mol. The summed E-state index contributed by atoms with van der Waals surface area (Å²) in [5, 5.41) is 6.24. The minimum Gasteiger partial charge on any atom is -0.489 e. The first-order chi connectivity index (χ1) is 13.7. The molecule has 0 radical (unpaired) electrons. The molecule has 0 bridgehead atoms. The lowest BCUT2D eigenvalue weighted by molar-refractivity contribution is -0.115. The summed E-state index contributed by atoms with van der Waals surface area (Å²) >= 11 is 0. The molecule has 4 nitrogen and oxygen atoms in total. The van der Waals surface area contributed by atoms with Crippen LogP contribution in [0.3, 0.4) is 0 Å². The Bertz CT molecular complexity index is 849. The third kappa shape index (κ3) is 5.96. The van der Waals surface area contributed by atoms with Gasteiger partial charge in [0, 0.05) is 11.7 Å². The van der Waals surface area contributed by atoms with Crippen molar-refractivity contribution in [1.82, 2.24) is 5.32 Å². The molecular formula is C24H26N2O2. The molecule has 1 atom stereocenters. The molecule has 0 saturated heterocycles. The molecule has 2 N–H and O–H groups in total. The zero-order valence-corrected chi connectivity index (χ0v) is 16.1. The smallest absolute Gasteiger partial charge is 0.238 e. The fraction of sp³-hybridized carbons (Fsp3) is 0.208. The van der Waals surface area contributed by atoms with Crippen molar-refractivity contribution < 1.29 is 9.53 Å². The van der Waals surface area contributed by atoms with E-state index in [1.165, 1.54) is 5.56 Å². The Morgan fingerprint density at radius 1 is 0.893 bits per heavy atom. The van der Waals surface area contributed by atoms with Crippen LogP contribution in [0.1, 0.15) is 30.5 Å². The van der Waals surface area contributed by atoms with Crippen LogP contribution >= 0.6 is 0 Å². The average Bonchev–Trinajstić information content (AvgIpc) is 2.75. The second-order valence-electron chi connectivity index (χ2n) is 6.60. The van der Waals surface area contributed by atoms with Crippen LogP contribution in [0.25, 0.3) is 0 Å². The Morgan fingerprint density at radius 3 is 2.18 bits per heavy atom. The Labute approximate surface area is 166 Å². The Balaban J connectivity index is 1.46. The van der Waals surface area contributed by atoms with Crippen LogP contribution in [0.5, 0.6) is 5.75 Å². The van der Waals surface area contributed by atoms with Crippen molar-refractivity contribution >= 4 is 11.6 Å². The van der Waals surface area contributed by atoms with E-state index in [4.69, 9.17) is 4.74 Å². The van der Waals surface area contributed by atoms with Gasteiger partial charge in [-0.25, -0.2) is 0 Å². The van der Waals surface area contributed by atoms with Gasteiger partial charge in [-0.2, -0.15) is 0 Å². The topological polar surface area (TPSA) is 50.4 Å². The van der Waals surface area contributed by atoms with E-state index in [9.17, 15) is 4.79 Å². The molecule has 4 heteroatoms. The maximum atomic E-state index is 12.3. The minimum absolute atomic E-state index is 0.0627. The predicted molar refractivity (Wildman–Crippen MR) is 113 cm³/mol. The van der Waals surface area contributed by atoms with Gasteiger partial charge in [0.25, 0.3) is 0 Å². The molecule has 28 heavy (non-hydrogen) atoms.